The number of hydrogen-bond donors (Lipinski definition) is 1. The van der Waals surface area contributed by atoms with Crippen LogP contribution in [-0.4, -0.2) is 36.9 Å². The summed E-state index contributed by atoms with van der Waals surface area (Å²) in [4.78, 5) is 1.26. The van der Waals surface area contributed by atoms with Crippen LogP contribution in [0.5, 0.6) is 0 Å². The fourth-order valence-corrected chi connectivity index (χ4v) is 0.537. The lowest BCUT2D eigenvalue weighted by molar-refractivity contribution is 0.138. The van der Waals surface area contributed by atoms with E-state index in [9.17, 15) is 0 Å². The predicted molar refractivity (Wildman–Crippen MR) is 31.9 cm³/mol. The van der Waals surface area contributed by atoms with Gasteiger partial charge in [-0.15, -0.1) is 4.80 Å². The molecular weight excluding hydrogens is 134 g/mol. The van der Waals surface area contributed by atoms with Crippen molar-refractivity contribution in [2.24, 2.45) is 0 Å². The zero-order valence-corrected chi connectivity index (χ0v) is 5.67. The van der Waals surface area contributed by atoms with Crippen molar-refractivity contribution in [3.63, 3.8) is 0 Å². The van der Waals surface area contributed by atoms with Gasteiger partial charge in [-0.1, -0.05) is 6.92 Å². The Kier molecular flexibility index (Phi) is 2.27. The minimum atomic E-state index is -0.406. The van der Waals surface area contributed by atoms with E-state index in [1.807, 2.05) is 6.92 Å². The Balaban J connectivity index is 2.40. The summed E-state index contributed by atoms with van der Waals surface area (Å²) in [5.41, 5.74) is 0. The molecule has 1 aromatic rings. The second kappa shape index (κ2) is 3.21. The van der Waals surface area contributed by atoms with Crippen molar-refractivity contribution in [1.82, 2.24) is 25.7 Å². The van der Waals surface area contributed by atoms with E-state index in [1.54, 1.807) is 0 Å². The van der Waals surface area contributed by atoms with Crippen molar-refractivity contribution in [2.75, 3.05) is 0 Å². The van der Waals surface area contributed by atoms with Gasteiger partial charge in [0.05, 0.1) is 12.6 Å². The molecule has 1 rings (SSSR count). The van der Waals surface area contributed by atoms with Crippen molar-refractivity contribution in [2.45, 2.75) is 26.0 Å². The number of aliphatic hydroxyl groups is 1. The standard InChI is InChI=1S/C4H9N5O/c1-2-4(10)3-9-7-5-6-8-9/h4,10H,2-3H2,1H3. The summed E-state index contributed by atoms with van der Waals surface area (Å²) < 4.78 is 0. The zero-order valence-electron chi connectivity index (χ0n) is 5.67. The molecule has 0 spiro atoms. The van der Waals surface area contributed by atoms with Gasteiger partial charge in [0.15, 0.2) is 0 Å². The average molecular weight is 143 g/mol. The fourth-order valence-electron chi connectivity index (χ4n) is 0.537. The number of aliphatic hydroxyl groups excluding tert-OH is 1. The quantitative estimate of drug-likeness (QED) is 0.577. The van der Waals surface area contributed by atoms with Crippen molar-refractivity contribution in [1.29, 1.82) is 0 Å². The lowest BCUT2D eigenvalue weighted by Gasteiger charge is -2.02. The van der Waals surface area contributed by atoms with Crippen molar-refractivity contribution < 1.29 is 5.11 Å². The molecule has 0 aliphatic carbocycles. The zero-order chi connectivity index (χ0) is 7.40. The van der Waals surface area contributed by atoms with Gasteiger partial charge in [-0.05, 0) is 27.3 Å². The van der Waals surface area contributed by atoms with E-state index < -0.39 is 6.10 Å². The highest BCUT2D eigenvalue weighted by atomic mass is 16.3. The Bertz CT molecular complexity index is 174. The molecule has 1 unspecified atom stereocenters. The maximum Gasteiger partial charge on any atom is 0.0902 e. The van der Waals surface area contributed by atoms with Gasteiger partial charge in [-0.2, -0.15) is 0 Å². The highest BCUT2D eigenvalue weighted by Gasteiger charge is 2.02. The van der Waals surface area contributed by atoms with Crippen LogP contribution in [0.1, 0.15) is 13.3 Å². The van der Waals surface area contributed by atoms with E-state index in [2.05, 4.69) is 20.9 Å². The first-order chi connectivity index (χ1) is 4.83. The number of nitrogens with zero attached hydrogens (tertiary/aromatic N) is 5. The average Bonchev–Trinajstić information content (AvgIpc) is 2.40. The molecule has 0 aliphatic heterocycles. The summed E-state index contributed by atoms with van der Waals surface area (Å²) in [6.45, 7) is 2.25. The Hall–Kier alpha value is -1.04. The van der Waals surface area contributed by atoms with Crippen LogP contribution in [0, 0.1) is 0 Å². The summed E-state index contributed by atoms with van der Waals surface area (Å²) in [6.07, 6.45) is 0.276. The number of hydrogen-bond acceptors (Lipinski definition) is 5. The maximum atomic E-state index is 9.07. The Morgan fingerprint density at radius 3 is 2.50 bits per heavy atom. The molecule has 0 saturated carbocycles. The van der Waals surface area contributed by atoms with Gasteiger partial charge >= 0.3 is 0 Å². The molecule has 0 saturated heterocycles. The summed E-state index contributed by atoms with van der Waals surface area (Å²) in [5, 5.41) is 22.6. The molecule has 1 N–H and O–H groups in total. The highest BCUT2D eigenvalue weighted by Crippen LogP contribution is 1.90. The van der Waals surface area contributed by atoms with Crippen LogP contribution in [0.3, 0.4) is 0 Å². The SMILES string of the molecule is CCC(O)Cn1nnnn1. The largest absolute Gasteiger partial charge is 0.391 e. The molecule has 6 nitrogen and oxygen atoms in total. The third-order valence-electron chi connectivity index (χ3n) is 1.17. The van der Waals surface area contributed by atoms with E-state index in [1.165, 1.54) is 4.80 Å². The van der Waals surface area contributed by atoms with E-state index in [-0.39, 0.29) is 0 Å². The number of rotatable bonds is 3. The second-order valence-electron chi connectivity index (χ2n) is 1.97. The predicted octanol–water partition coefficient (Wildman–Crippen LogP) is -1.16. The Labute approximate surface area is 57.8 Å². The smallest absolute Gasteiger partial charge is 0.0902 e. The summed E-state index contributed by atoms with van der Waals surface area (Å²) in [7, 11) is 0. The molecule has 0 aromatic carbocycles. The first-order valence-corrected chi connectivity index (χ1v) is 3.10. The van der Waals surface area contributed by atoms with Gasteiger partial charge in [0.2, 0.25) is 0 Å². The van der Waals surface area contributed by atoms with E-state index in [0.29, 0.717) is 13.0 Å². The normalized spacial score (nSPS) is 13.4. The monoisotopic (exact) mass is 143 g/mol. The Morgan fingerprint density at radius 2 is 2.00 bits per heavy atom. The van der Waals surface area contributed by atoms with Crippen LogP contribution in [0.15, 0.2) is 0 Å². The van der Waals surface area contributed by atoms with Crippen molar-refractivity contribution in [3.8, 4) is 0 Å². The third kappa shape index (κ3) is 1.73. The first-order valence-electron chi connectivity index (χ1n) is 3.10. The van der Waals surface area contributed by atoms with Gasteiger partial charge in [-0.3, -0.25) is 0 Å². The topological polar surface area (TPSA) is 76.7 Å². The molecule has 1 aromatic heterocycles. The van der Waals surface area contributed by atoms with Gasteiger partial charge in [-0.25, -0.2) is 0 Å². The van der Waals surface area contributed by atoms with E-state index in [0.717, 1.165) is 0 Å². The second-order valence-corrected chi connectivity index (χ2v) is 1.97. The lowest BCUT2D eigenvalue weighted by Crippen LogP contribution is -2.16. The molecule has 6 heteroatoms. The molecule has 56 valence electrons. The van der Waals surface area contributed by atoms with Crippen LogP contribution in [0.25, 0.3) is 0 Å². The minimum absolute atomic E-state index is 0.365. The van der Waals surface area contributed by atoms with Gasteiger partial charge in [0.1, 0.15) is 0 Å². The van der Waals surface area contributed by atoms with Crippen molar-refractivity contribution >= 4 is 0 Å². The van der Waals surface area contributed by atoms with Gasteiger partial charge < -0.3 is 5.11 Å². The van der Waals surface area contributed by atoms with Gasteiger partial charge in [0, 0.05) is 0 Å². The van der Waals surface area contributed by atoms with Crippen molar-refractivity contribution in [3.05, 3.63) is 0 Å². The molecule has 0 bridgehead atoms. The minimum Gasteiger partial charge on any atom is -0.391 e. The molecule has 0 fully saturated rings. The van der Waals surface area contributed by atoms with Crippen LogP contribution in [0.2, 0.25) is 0 Å². The molecule has 0 amide bonds. The highest BCUT2D eigenvalue weighted by molar-refractivity contribution is 4.46. The fraction of sp³-hybridized carbons (Fsp3) is 1.00. The molecule has 1 atom stereocenters. The van der Waals surface area contributed by atoms with E-state index >= 15 is 0 Å². The summed E-state index contributed by atoms with van der Waals surface area (Å²) in [6, 6.07) is 0. The molecule has 0 aliphatic rings. The number of aromatic nitrogens is 5. The third-order valence-corrected chi connectivity index (χ3v) is 1.17. The summed E-state index contributed by atoms with van der Waals surface area (Å²) >= 11 is 0. The molecule has 0 radical (unpaired) electrons. The van der Waals surface area contributed by atoms with Gasteiger partial charge in [0.25, 0.3) is 0 Å². The van der Waals surface area contributed by atoms with Crippen LogP contribution >= 0.6 is 0 Å². The van der Waals surface area contributed by atoms with Crippen LogP contribution in [0.4, 0.5) is 0 Å². The van der Waals surface area contributed by atoms with Crippen LogP contribution in [-0.2, 0) is 6.54 Å². The lowest BCUT2D eigenvalue weighted by atomic mass is 10.3. The Morgan fingerprint density at radius 1 is 1.40 bits per heavy atom. The maximum absolute atomic E-state index is 9.07. The van der Waals surface area contributed by atoms with E-state index in [4.69, 9.17) is 5.11 Å². The first kappa shape index (κ1) is 7.07. The molecular formula is C4H9N5O. The van der Waals surface area contributed by atoms with Crippen LogP contribution < -0.4 is 0 Å². The molecule has 10 heavy (non-hydrogen) atoms. The molecule has 1 heterocycles. The summed E-state index contributed by atoms with van der Waals surface area (Å²) in [5.74, 6) is 0.